The van der Waals surface area contributed by atoms with Crippen molar-refractivity contribution in [1.82, 2.24) is 29.8 Å². The molecule has 0 aliphatic rings. The number of benzene rings is 5. The Labute approximate surface area is 324 Å². The highest BCUT2D eigenvalue weighted by Gasteiger charge is 2.42. The molecule has 2 heterocycles. The maximum absolute atomic E-state index is 13.6. The number of hydrogen-bond acceptors (Lipinski definition) is 7. The monoisotopic (exact) mass is 722 g/mol. The number of carbonyl (C=O) groups is 1. The molecule has 0 saturated heterocycles. The van der Waals surface area contributed by atoms with Gasteiger partial charge in [-0.3, -0.25) is 0 Å². The molecule has 0 saturated carbocycles. The minimum Gasteiger partial charge on any atom is -0.461 e. The zero-order chi connectivity index (χ0) is 42.7. The summed E-state index contributed by atoms with van der Waals surface area (Å²) in [5.41, 5.74) is 0.412. The third-order valence-corrected chi connectivity index (χ3v) is 9.47. The molecule has 0 unspecified atom stereocenters. The van der Waals surface area contributed by atoms with Crippen molar-refractivity contribution in [2.75, 3.05) is 6.61 Å². The van der Waals surface area contributed by atoms with Crippen LogP contribution in [-0.4, -0.2) is 47.4 Å². The second-order valence-electron chi connectivity index (χ2n) is 13.0. The van der Waals surface area contributed by atoms with Gasteiger partial charge in [-0.1, -0.05) is 146 Å². The van der Waals surface area contributed by atoms with Crippen LogP contribution in [0.3, 0.4) is 0 Å². The van der Waals surface area contributed by atoms with E-state index in [2.05, 4.69) is 51.7 Å². The standard InChI is InChI=1S/C45H44N6O3/c1-5-18-39-46-41(44(3,4)53)40(43(52)54-6-2)50(39)31-32-27-29-33(30-28-32)37-25-16-17-26-38(37)42-47-48-49-51(42)45(34-19-10-7-11-20-34,35-21-12-8-13-22-35)36-23-14-9-15-24-36/h7-17,19-30,53H,5-6,18,31H2,1-4H3/i3D3,4D3. The molecular weight excluding hydrogens is 673 g/mol. The van der Waals surface area contributed by atoms with Crippen LogP contribution in [0.15, 0.2) is 140 Å². The van der Waals surface area contributed by atoms with Crippen LogP contribution in [0.1, 0.15) is 86.5 Å². The van der Waals surface area contributed by atoms with Crippen LogP contribution in [0.5, 0.6) is 0 Å². The summed E-state index contributed by atoms with van der Waals surface area (Å²) in [6, 6.07) is 45.8. The van der Waals surface area contributed by atoms with E-state index < -0.39 is 42.2 Å². The first kappa shape index (κ1) is 29.3. The molecular formula is C45H44N6O3. The number of hydrogen-bond donors (Lipinski definition) is 1. The van der Waals surface area contributed by atoms with Crippen LogP contribution in [0.4, 0.5) is 0 Å². The van der Waals surface area contributed by atoms with Gasteiger partial charge < -0.3 is 14.4 Å². The number of aryl methyl sites for hydroxylation is 1. The van der Waals surface area contributed by atoms with Crippen LogP contribution in [0, 0.1) is 0 Å². The van der Waals surface area contributed by atoms with Gasteiger partial charge in [-0.25, -0.2) is 14.5 Å². The zero-order valence-electron chi connectivity index (χ0n) is 36.1. The molecule has 54 heavy (non-hydrogen) atoms. The average molecular weight is 723 g/mol. The van der Waals surface area contributed by atoms with Crippen LogP contribution >= 0.6 is 0 Å². The van der Waals surface area contributed by atoms with Crippen LogP contribution in [0.2, 0.25) is 0 Å². The van der Waals surface area contributed by atoms with Crippen molar-refractivity contribution in [1.29, 1.82) is 0 Å². The minimum atomic E-state index is -3.46. The van der Waals surface area contributed by atoms with Gasteiger partial charge in [-0.05, 0) is 70.9 Å². The molecule has 2 aromatic heterocycles. The lowest BCUT2D eigenvalue weighted by atomic mass is 9.77. The number of tetrazole rings is 1. The Morgan fingerprint density at radius 3 is 1.85 bits per heavy atom. The van der Waals surface area contributed by atoms with E-state index in [1.165, 1.54) is 4.57 Å². The first-order valence-corrected chi connectivity index (χ1v) is 17.9. The van der Waals surface area contributed by atoms with E-state index in [1.807, 2.05) is 115 Å². The van der Waals surface area contributed by atoms with Crippen molar-refractivity contribution in [3.05, 3.63) is 179 Å². The molecule has 0 aliphatic carbocycles. The Balaban J connectivity index is 1.35. The van der Waals surface area contributed by atoms with Crippen LogP contribution in [-0.2, 0) is 28.8 Å². The molecule has 0 fully saturated rings. The average Bonchev–Trinajstić information content (AvgIpc) is 3.87. The first-order chi connectivity index (χ1) is 28.8. The van der Waals surface area contributed by atoms with Gasteiger partial charge >= 0.3 is 5.97 Å². The molecule has 0 spiro atoms. The Morgan fingerprint density at radius 1 is 0.759 bits per heavy atom. The van der Waals surface area contributed by atoms with E-state index in [0.29, 0.717) is 17.8 Å². The van der Waals surface area contributed by atoms with Crippen molar-refractivity contribution in [3.8, 4) is 22.5 Å². The van der Waals surface area contributed by atoms with Crippen molar-refractivity contribution in [3.63, 3.8) is 0 Å². The Morgan fingerprint density at radius 2 is 1.31 bits per heavy atom. The maximum Gasteiger partial charge on any atom is 0.357 e. The lowest BCUT2D eigenvalue weighted by Gasteiger charge is -2.36. The largest absolute Gasteiger partial charge is 0.461 e. The highest BCUT2D eigenvalue weighted by Crippen LogP contribution is 2.43. The van der Waals surface area contributed by atoms with Crippen LogP contribution in [0.25, 0.3) is 22.5 Å². The molecule has 7 rings (SSSR count). The first-order valence-electron chi connectivity index (χ1n) is 20.9. The number of esters is 1. The number of aromatic nitrogens is 6. The van der Waals surface area contributed by atoms with Gasteiger partial charge in [0.15, 0.2) is 11.5 Å². The van der Waals surface area contributed by atoms with Gasteiger partial charge in [0, 0.05) is 26.8 Å². The quantitative estimate of drug-likeness (QED) is 0.0940. The van der Waals surface area contributed by atoms with E-state index in [9.17, 15) is 9.90 Å². The molecule has 9 nitrogen and oxygen atoms in total. The van der Waals surface area contributed by atoms with Crippen molar-refractivity contribution in [2.24, 2.45) is 0 Å². The Kier molecular flexibility index (Phi) is 8.36. The van der Waals surface area contributed by atoms with E-state index in [1.54, 1.807) is 6.92 Å². The van der Waals surface area contributed by atoms with Gasteiger partial charge in [0.1, 0.15) is 22.7 Å². The molecule has 5 aromatic carbocycles. The van der Waals surface area contributed by atoms with E-state index in [4.69, 9.17) is 18.2 Å². The Bertz CT molecular complexity index is 2450. The molecule has 1 N–H and O–H groups in total. The van der Waals surface area contributed by atoms with Gasteiger partial charge in [-0.15, -0.1) is 5.10 Å². The second-order valence-corrected chi connectivity index (χ2v) is 13.0. The fourth-order valence-electron chi connectivity index (χ4n) is 7.13. The number of ether oxygens (including phenoxy) is 1. The predicted octanol–water partition coefficient (Wildman–Crippen LogP) is 8.45. The summed E-state index contributed by atoms with van der Waals surface area (Å²) in [5, 5.41) is 25.2. The molecule has 9 heteroatoms. The lowest BCUT2D eigenvalue weighted by molar-refractivity contribution is 0.0469. The maximum atomic E-state index is 13.6. The molecule has 0 amide bonds. The highest BCUT2D eigenvalue weighted by molar-refractivity contribution is 5.89. The highest BCUT2D eigenvalue weighted by atomic mass is 16.5. The summed E-state index contributed by atoms with van der Waals surface area (Å²) in [6.45, 7) is -3.55. The van der Waals surface area contributed by atoms with Gasteiger partial charge in [0.2, 0.25) is 0 Å². The summed E-state index contributed by atoms with van der Waals surface area (Å²) < 4.78 is 57.1. The summed E-state index contributed by atoms with van der Waals surface area (Å²) >= 11 is 0. The molecule has 272 valence electrons. The number of aliphatic hydroxyl groups is 1. The molecule has 0 aliphatic heterocycles. The molecule has 0 bridgehead atoms. The summed E-state index contributed by atoms with van der Waals surface area (Å²) in [5.74, 6) is -0.228. The predicted molar refractivity (Wildman–Crippen MR) is 210 cm³/mol. The van der Waals surface area contributed by atoms with Gasteiger partial charge in [0.25, 0.3) is 0 Å². The fourth-order valence-corrected chi connectivity index (χ4v) is 7.13. The Hall–Kier alpha value is -6.19. The number of rotatable bonds is 13. The van der Waals surface area contributed by atoms with E-state index >= 15 is 0 Å². The molecule has 0 radical (unpaired) electrons. The zero-order valence-corrected chi connectivity index (χ0v) is 30.1. The minimum absolute atomic E-state index is 0.00246. The van der Waals surface area contributed by atoms with Gasteiger partial charge in [0.05, 0.1) is 6.61 Å². The number of nitrogens with zero attached hydrogens (tertiary/aromatic N) is 6. The lowest BCUT2D eigenvalue weighted by Crippen LogP contribution is -2.39. The normalized spacial score (nSPS) is 13.9. The SMILES string of the molecule is [2H]C([2H])([2H])C(O)(c1nc(CCC)n(Cc2ccc(-c3ccccc3-c3nnnn3C(c3ccccc3)(c3ccccc3)c3ccccc3)cc2)c1C(=O)OCC)C([2H])([2H])[2H]. The van der Waals surface area contributed by atoms with Crippen molar-refractivity contribution >= 4 is 5.97 Å². The van der Waals surface area contributed by atoms with E-state index in [-0.39, 0.29) is 25.4 Å². The second kappa shape index (κ2) is 15.4. The number of carbonyl (C=O) groups excluding carboxylic acids is 1. The number of imidazole rings is 1. The van der Waals surface area contributed by atoms with E-state index in [0.717, 1.165) is 33.4 Å². The fraction of sp³-hybridized carbons (Fsp3) is 0.222. The molecule has 0 atom stereocenters. The topological polar surface area (TPSA) is 108 Å². The third-order valence-electron chi connectivity index (χ3n) is 9.47. The summed E-state index contributed by atoms with van der Waals surface area (Å²) in [6.07, 6.45) is 0.801. The van der Waals surface area contributed by atoms with Gasteiger partial charge in [-0.2, -0.15) is 0 Å². The smallest absolute Gasteiger partial charge is 0.357 e. The third kappa shape index (κ3) is 6.74. The van der Waals surface area contributed by atoms with Crippen LogP contribution < -0.4 is 0 Å². The van der Waals surface area contributed by atoms with Crippen molar-refractivity contribution < 1.29 is 22.9 Å². The van der Waals surface area contributed by atoms with Crippen molar-refractivity contribution in [2.45, 2.75) is 58.1 Å². The summed E-state index contributed by atoms with van der Waals surface area (Å²) in [7, 11) is 0. The summed E-state index contributed by atoms with van der Waals surface area (Å²) in [4.78, 5) is 17.9. The molecule has 7 aromatic rings.